The average molecular weight is 203 g/mol. The lowest BCUT2D eigenvalue weighted by atomic mass is 10.1. The fourth-order valence-corrected chi connectivity index (χ4v) is 1.81. The van der Waals surface area contributed by atoms with Crippen LogP contribution in [0.1, 0.15) is 31.7 Å². The zero-order valence-electron chi connectivity index (χ0n) is 9.20. The number of rotatable bonds is 3. The van der Waals surface area contributed by atoms with Crippen molar-refractivity contribution < 1.29 is 4.74 Å². The molecule has 0 saturated carbocycles. The molecular formula is C13H17NO. The van der Waals surface area contributed by atoms with E-state index in [1.54, 1.807) is 0 Å². The Balaban J connectivity index is 2.22. The van der Waals surface area contributed by atoms with Gasteiger partial charge in [0.05, 0.1) is 12.3 Å². The Morgan fingerprint density at radius 1 is 1.33 bits per heavy atom. The van der Waals surface area contributed by atoms with E-state index in [4.69, 9.17) is 4.74 Å². The molecule has 1 aliphatic rings. The molecule has 0 bridgehead atoms. The van der Waals surface area contributed by atoms with Gasteiger partial charge in [0.2, 0.25) is 0 Å². The maximum Gasteiger partial charge on any atom is 0.188 e. The molecule has 0 aromatic heterocycles. The van der Waals surface area contributed by atoms with Crippen LogP contribution in [0.2, 0.25) is 0 Å². The summed E-state index contributed by atoms with van der Waals surface area (Å²) in [6.07, 6.45) is 4.34. The van der Waals surface area contributed by atoms with Crippen LogP contribution in [0.5, 0.6) is 0 Å². The lowest BCUT2D eigenvalue weighted by Crippen LogP contribution is -1.93. The van der Waals surface area contributed by atoms with Crippen LogP contribution in [0.15, 0.2) is 29.3 Å². The highest BCUT2D eigenvalue weighted by Gasteiger charge is 2.09. The van der Waals surface area contributed by atoms with Crippen LogP contribution in [0.3, 0.4) is 0 Å². The maximum atomic E-state index is 5.44. The minimum atomic E-state index is 0.828. The van der Waals surface area contributed by atoms with Crippen molar-refractivity contribution in [2.24, 2.45) is 4.99 Å². The summed E-state index contributed by atoms with van der Waals surface area (Å²) >= 11 is 0. The number of para-hydroxylation sites is 1. The summed E-state index contributed by atoms with van der Waals surface area (Å²) in [6, 6.07) is 8.33. The molecule has 1 heterocycles. The summed E-state index contributed by atoms with van der Waals surface area (Å²) in [7, 11) is 0. The zero-order chi connectivity index (χ0) is 10.5. The Kier molecular flexibility index (Phi) is 3.38. The van der Waals surface area contributed by atoms with Crippen LogP contribution < -0.4 is 0 Å². The normalized spacial score (nSPS) is 18.1. The second-order valence-corrected chi connectivity index (χ2v) is 3.84. The van der Waals surface area contributed by atoms with Crippen LogP contribution in [-0.4, -0.2) is 12.5 Å². The monoisotopic (exact) mass is 203 g/mol. The van der Waals surface area contributed by atoms with Gasteiger partial charge >= 0.3 is 0 Å². The third-order valence-corrected chi connectivity index (χ3v) is 2.56. The van der Waals surface area contributed by atoms with Gasteiger partial charge in [-0.3, -0.25) is 0 Å². The number of hydrogen-bond acceptors (Lipinski definition) is 2. The molecule has 1 saturated heterocycles. The Morgan fingerprint density at radius 2 is 2.20 bits per heavy atom. The quantitative estimate of drug-likeness (QED) is 0.737. The molecule has 1 fully saturated rings. The van der Waals surface area contributed by atoms with Gasteiger partial charge in [-0.1, -0.05) is 31.5 Å². The van der Waals surface area contributed by atoms with Gasteiger partial charge in [0.25, 0.3) is 0 Å². The fourth-order valence-electron chi connectivity index (χ4n) is 1.81. The van der Waals surface area contributed by atoms with Crippen LogP contribution in [0.4, 0.5) is 5.69 Å². The van der Waals surface area contributed by atoms with Crippen molar-refractivity contribution in [2.45, 2.75) is 32.6 Å². The van der Waals surface area contributed by atoms with E-state index in [0.717, 1.165) is 43.9 Å². The highest BCUT2D eigenvalue weighted by atomic mass is 16.5. The van der Waals surface area contributed by atoms with Gasteiger partial charge in [-0.05, 0) is 24.5 Å². The second kappa shape index (κ2) is 4.96. The van der Waals surface area contributed by atoms with Crippen molar-refractivity contribution in [1.82, 2.24) is 0 Å². The van der Waals surface area contributed by atoms with Gasteiger partial charge < -0.3 is 4.74 Å². The fraction of sp³-hybridized carbons (Fsp3) is 0.462. The molecule has 1 aromatic carbocycles. The molecule has 2 rings (SSSR count). The van der Waals surface area contributed by atoms with Gasteiger partial charge in [-0.2, -0.15) is 0 Å². The Morgan fingerprint density at radius 3 is 2.93 bits per heavy atom. The van der Waals surface area contributed by atoms with E-state index < -0.39 is 0 Å². The van der Waals surface area contributed by atoms with Gasteiger partial charge in [-0.15, -0.1) is 0 Å². The molecule has 1 aromatic rings. The first-order chi connectivity index (χ1) is 7.40. The molecule has 15 heavy (non-hydrogen) atoms. The Labute approximate surface area is 91.0 Å². The van der Waals surface area contributed by atoms with Crippen molar-refractivity contribution >= 4 is 11.6 Å². The van der Waals surface area contributed by atoms with E-state index in [1.807, 2.05) is 6.07 Å². The molecule has 0 spiro atoms. The summed E-state index contributed by atoms with van der Waals surface area (Å²) in [5.41, 5.74) is 2.40. The summed E-state index contributed by atoms with van der Waals surface area (Å²) in [5, 5.41) is 0. The number of aryl methyl sites for hydroxylation is 1. The third-order valence-electron chi connectivity index (χ3n) is 2.56. The minimum Gasteiger partial charge on any atom is -0.481 e. The van der Waals surface area contributed by atoms with Crippen molar-refractivity contribution in [3.8, 4) is 0 Å². The van der Waals surface area contributed by atoms with Gasteiger partial charge in [-0.25, -0.2) is 4.99 Å². The lowest BCUT2D eigenvalue weighted by Gasteiger charge is -2.04. The third kappa shape index (κ3) is 2.58. The van der Waals surface area contributed by atoms with E-state index in [-0.39, 0.29) is 0 Å². The van der Waals surface area contributed by atoms with Crippen molar-refractivity contribution in [3.63, 3.8) is 0 Å². The predicted octanol–water partition coefficient (Wildman–Crippen LogP) is 3.48. The van der Waals surface area contributed by atoms with Gasteiger partial charge in [0, 0.05) is 6.42 Å². The van der Waals surface area contributed by atoms with E-state index in [2.05, 4.69) is 30.1 Å². The van der Waals surface area contributed by atoms with Gasteiger partial charge in [0.15, 0.2) is 5.90 Å². The van der Waals surface area contributed by atoms with Crippen molar-refractivity contribution in [1.29, 1.82) is 0 Å². The molecule has 0 radical (unpaired) electrons. The van der Waals surface area contributed by atoms with Crippen molar-refractivity contribution in [2.75, 3.05) is 6.61 Å². The van der Waals surface area contributed by atoms with Crippen molar-refractivity contribution in [3.05, 3.63) is 29.8 Å². The number of hydrogen-bond donors (Lipinski definition) is 0. The Bertz CT molecular complexity index is 349. The number of benzene rings is 1. The molecule has 2 heteroatoms. The first-order valence-electron chi connectivity index (χ1n) is 5.68. The van der Waals surface area contributed by atoms with Crippen LogP contribution in [0, 0.1) is 0 Å². The number of ether oxygens (including phenoxy) is 1. The van der Waals surface area contributed by atoms with Crippen LogP contribution >= 0.6 is 0 Å². The van der Waals surface area contributed by atoms with Crippen LogP contribution in [0.25, 0.3) is 0 Å². The van der Waals surface area contributed by atoms with Crippen LogP contribution in [-0.2, 0) is 11.2 Å². The molecule has 2 nitrogen and oxygen atoms in total. The van der Waals surface area contributed by atoms with E-state index in [0.29, 0.717) is 0 Å². The van der Waals surface area contributed by atoms with E-state index in [1.165, 1.54) is 5.56 Å². The number of aliphatic imine (C=N–C) groups is 1. The first kappa shape index (κ1) is 10.2. The van der Waals surface area contributed by atoms with Gasteiger partial charge in [0.1, 0.15) is 0 Å². The summed E-state index contributed by atoms with van der Waals surface area (Å²) in [5.74, 6) is 0.901. The first-order valence-corrected chi connectivity index (χ1v) is 5.68. The topological polar surface area (TPSA) is 21.6 Å². The molecule has 80 valence electrons. The van der Waals surface area contributed by atoms with E-state index in [9.17, 15) is 0 Å². The van der Waals surface area contributed by atoms with E-state index >= 15 is 0 Å². The highest BCUT2D eigenvalue weighted by Crippen LogP contribution is 2.22. The molecule has 0 amide bonds. The maximum absolute atomic E-state index is 5.44. The largest absolute Gasteiger partial charge is 0.481 e. The molecular weight excluding hydrogens is 186 g/mol. The highest BCUT2D eigenvalue weighted by molar-refractivity contribution is 5.81. The smallest absolute Gasteiger partial charge is 0.188 e. The Hall–Kier alpha value is -1.31. The molecule has 0 N–H and O–H groups in total. The minimum absolute atomic E-state index is 0.828. The molecule has 1 aliphatic heterocycles. The summed E-state index contributed by atoms with van der Waals surface area (Å²) < 4.78 is 5.44. The standard InChI is InChI=1S/C13H17NO/c1-2-6-11-7-3-4-8-12(11)14-13-9-5-10-15-13/h3-4,7-8H,2,5-6,9-10H2,1H3. The summed E-state index contributed by atoms with van der Waals surface area (Å²) in [6.45, 7) is 3.02. The zero-order valence-corrected chi connectivity index (χ0v) is 9.20. The average Bonchev–Trinajstić information content (AvgIpc) is 2.74. The second-order valence-electron chi connectivity index (χ2n) is 3.84. The molecule has 0 aliphatic carbocycles. The predicted molar refractivity (Wildman–Crippen MR) is 62.7 cm³/mol. The SMILES string of the molecule is CCCc1ccccc1N=C1CCCO1. The lowest BCUT2D eigenvalue weighted by molar-refractivity contribution is 0.344. The molecule has 0 unspecified atom stereocenters. The number of nitrogens with zero attached hydrogens (tertiary/aromatic N) is 1. The summed E-state index contributed by atoms with van der Waals surface area (Å²) in [4.78, 5) is 4.57. The molecule has 0 atom stereocenters.